The third-order valence-corrected chi connectivity index (χ3v) is 4.23. The van der Waals surface area contributed by atoms with Crippen LogP contribution in [0.15, 0.2) is 30.3 Å². The van der Waals surface area contributed by atoms with Gasteiger partial charge in [-0.1, -0.05) is 23.7 Å². The minimum absolute atomic E-state index is 0.122. The summed E-state index contributed by atoms with van der Waals surface area (Å²) in [5.74, 6) is 0.122. The van der Waals surface area contributed by atoms with E-state index in [2.05, 4.69) is 12.1 Å². The van der Waals surface area contributed by atoms with Crippen molar-refractivity contribution in [1.82, 2.24) is 0 Å². The van der Waals surface area contributed by atoms with E-state index >= 15 is 0 Å². The van der Waals surface area contributed by atoms with Gasteiger partial charge in [0.1, 0.15) is 0 Å². The predicted molar refractivity (Wildman–Crippen MR) is 72.3 cm³/mol. The van der Waals surface area contributed by atoms with Crippen LogP contribution in [0.5, 0.6) is 0 Å². The standard InChI is InChI=1S/C16H11ClO/c17-11-4-5-12-13-6-9-2-1-3-10(9)7-14(13)16(18)15(12)8-11/h4-8H,1-3H2. The van der Waals surface area contributed by atoms with Gasteiger partial charge in [-0.05, 0) is 59.7 Å². The number of fused-ring (bicyclic) bond motifs is 4. The van der Waals surface area contributed by atoms with Crippen molar-refractivity contribution in [3.8, 4) is 11.1 Å². The predicted octanol–water partition coefficient (Wildman–Crippen LogP) is 4.04. The number of hydrogen-bond donors (Lipinski definition) is 0. The number of aryl methyl sites for hydroxylation is 2. The van der Waals surface area contributed by atoms with Crippen LogP contribution in [0.25, 0.3) is 11.1 Å². The number of rotatable bonds is 0. The van der Waals surface area contributed by atoms with E-state index in [-0.39, 0.29) is 5.78 Å². The van der Waals surface area contributed by atoms with Crippen molar-refractivity contribution < 1.29 is 4.79 Å². The highest BCUT2D eigenvalue weighted by molar-refractivity contribution is 6.32. The molecule has 0 saturated carbocycles. The number of benzene rings is 2. The highest BCUT2D eigenvalue weighted by Gasteiger charge is 2.28. The van der Waals surface area contributed by atoms with E-state index in [1.165, 1.54) is 17.5 Å². The van der Waals surface area contributed by atoms with E-state index in [0.717, 1.165) is 35.1 Å². The molecule has 0 spiro atoms. The van der Waals surface area contributed by atoms with E-state index in [0.29, 0.717) is 5.02 Å². The third-order valence-electron chi connectivity index (χ3n) is 3.99. The first-order valence-electron chi connectivity index (χ1n) is 6.24. The Bertz CT molecular complexity index is 700. The van der Waals surface area contributed by atoms with Gasteiger partial charge in [-0.3, -0.25) is 4.79 Å². The average molecular weight is 255 g/mol. The molecule has 0 bridgehead atoms. The second-order valence-electron chi connectivity index (χ2n) is 5.04. The summed E-state index contributed by atoms with van der Waals surface area (Å²) in [6.45, 7) is 0. The normalized spacial score (nSPS) is 15.5. The first-order chi connectivity index (χ1) is 8.74. The molecular weight excluding hydrogens is 244 g/mol. The fourth-order valence-electron chi connectivity index (χ4n) is 3.12. The summed E-state index contributed by atoms with van der Waals surface area (Å²) in [6, 6.07) is 9.90. The minimum atomic E-state index is 0.122. The zero-order valence-electron chi connectivity index (χ0n) is 9.79. The van der Waals surface area contributed by atoms with Crippen molar-refractivity contribution in [3.05, 3.63) is 57.6 Å². The number of carbonyl (C=O) groups excluding carboxylic acids is 1. The van der Waals surface area contributed by atoms with Crippen LogP contribution in [0.4, 0.5) is 0 Å². The molecule has 0 unspecified atom stereocenters. The molecule has 4 rings (SSSR count). The Kier molecular flexibility index (Phi) is 1.98. The third kappa shape index (κ3) is 1.25. The van der Waals surface area contributed by atoms with Gasteiger partial charge in [-0.15, -0.1) is 0 Å². The van der Waals surface area contributed by atoms with E-state index < -0.39 is 0 Å². The van der Waals surface area contributed by atoms with Crippen LogP contribution in [0.2, 0.25) is 5.02 Å². The Morgan fingerprint density at radius 3 is 2.28 bits per heavy atom. The topological polar surface area (TPSA) is 17.1 Å². The average Bonchev–Trinajstić information content (AvgIpc) is 2.92. The first kappa shape index (κ1) is 10.3. The molecule has 0 heterocycles. The van der Waals surface area contributed by atoms with E-state index in [1.54, 1.807) is 6.07 Å². The summed E-state index contributed by atoms with van der Waals surface area (Å²) in [5, 5.41) is 0.627. The van der Waals surface area contributed by atoms with Crippen LogP contribution in [0, 0.1) is 0 Å². The van der Waals surface area contributed by atoms with Crippen LogP contribution < -0.4 is 0 Å². The monoisotopic (exact) mass is 254 g/mol. The molecule has 2 heteroatoms. The molecule has 18 heavy (non-hydrogen) atoms. The Hall–Kier alpha value is -1.60. The molecule has 88 valence electrons. The van der Waals surface area contributed by atoms with E-state index in [9.17, 15) is 4.79 Å². The minimum Gasteiger partial charge on any atom is -0.289 e. The van der Waals surface area contributed by atoms with Crippen molar-refractivity contribution in [2.24, 2.45) is 0 Å². The van der Waals surface area contributed by atoms with Crippen LogP contribution in [-0.2, 0) is 12.8 Å². The molecule has 0 atom stereocenters. The Morgan fingerprint density at radius 2 is 1.50 bits per heavy atom. The van der Waals surface area contributed by atoms with Gasteiger partial charge >= 0.3 is 0 Å². The summed E-state index contributed by atoms with van der Waals surface area (Å²) in [5.41, 5.74) is 6.49. The van der Waals surface area contributed by atoms with Gasteiger partial charge in [0.25, 0.3) is 0 Å². The summed E-state index contributed by atoms with van der Waals surface area (Å²) in [7, 11) is 0. The van der Waals surface area contributed by atoms with Gasteiger partial charge in [0.15, 0.2) is 5.78 Å². The first-order valence-corrected chi connectivity index (χ1v) is 6.62. The summed E-state index contributed by atoms with van der Waals surface area (Å²) in [6.07, 6.45) is 3.45. The number of carbonyl (C=O) groups is 1. The molecule has 2 aliphatic rings. The van der Waals surface area contributed by atoms with Crippen molar-refractivity contribution in [3.63, 3.8) is 0 Å². The van der Waals surface area contributed by atoms with Gasteiger partial charge in [0.2, 0.25) is 0 Å². The molecule has 1 nitrogen and oxygen atoms in total. The Morgan fingerprint density at radius 1 is 0.833 bits per heavy atom. The fourth-order valence-corrected chi connectivity index (χ4v) is 3.29. The smallest absolute Gasteiger partial charge is 0.194 e. The van der Waals surface area contributed by atoms with E-state index in [4.69, 9.17) is 11.6 Å². The van der Waals surface area contributed by atoms with Crippen LogP contribution in [-0.4, -0.2) is 5.78 Å². The number of ketones is 1. The van der Waals surface area contributed by atoms with E-state index in [1.807, 2.05) is 12.1 Å². The van der Waals surface area contributed by atoms with Gasteiger partial charge in [-0.2, -0.15) is 0 Å². The lowest BCUT2D eigenvalue weighted by atomic mass is 10.00. The van der Waals surface area contributed by atoms with Crippen molar-refractivity contribution in [1.29, 1.82) is 0 Å². The van der Waals surface area contributed by atoms with Crippen LogP contribution in [0.1, 0.15) is 33.5 Å². The van der Waals surface area contributed by atoms with Crippen molar-refractivity contribution in [2.75, 3.05) is 0 Å². The highest BCUT2D eigenvalue weighted by Crippen LogP contribution is 2.40. The number of hydrogen-bond acceptors (Lipinski definition) is 1. The second kappa shape index (κ2) is 3.46. The zero-order chi connectivity index (χ0) is 12.3. The lowest BCUT2D eigenvalue weighted by Gasteiger charge is -2.04. The summed E-state index contributed by atoms with van der Waals surface area (Å²) in [4.78, 5) is 12.4. The van der Waals surface area contributed by atoms with Crippen molar-refractivity contribution in [2.45, 2.75) is 19.3 Å². The molecular formula is C16H11ClO. The molecule has 0 fully saturated rings. The maximum absolute atomic E-state index is 12.4. The maximum atomic E-state index is 12.4. The fraction of sp³-hybridized carbons (Fsp3) is 0.188. The molecule has 2 aromatic rings. The molecule has 0 aromatic heterocycles. The lowest BCUT2D eigenvalue weighted by Crippen LogP contribution is -1.96. The quantitative estimate of drug-likeness (QED) is 0.592. The van der Waals surface area contributed by atoms with Crippen molar-refractivity contribution >= 4 is 17.4 Å². The summed E-state index contributed by atoms with van der Waals surface area (Å²) >= 11 is 5.98. The van der Waals surface area contributed by atoms with Crippen LogP contribution in [0.3, 0.4) is 0 Å². The van der Waals surface area contributed by atoms with Crippen LogP contribution >= 0.6 is 11.6 Å². The second-order valence-corrected chi connectivity index (χ2v) is 5.48. The van der Waals surface area contributed by atoms with Gasteiger partial charge in [0.05, 0.1) is 0 Å². The van der Waals surface area contributed by atoms with Gasteiger partial charge in [-0.25, -0.2) is 0 Å². The maximum Gasteiger partial charge on any atom is 0.194 e. The van der Waals surface area contributed by atoms with Gasteiger partial charge < -0.3 is 0 Å². The molecule has 0 N–H and O–H groups in total. The number of halogens is 1. The molecule has 0 aliphatic heterocycles. The largest absolute Gasteiger partial charge is 0.289 e. The zero-order valence-corrected chi connectivity index (χ0v) is 10.6. The SMILES string of the molecule is O=C1c2cc(Cl)ccc2-c2cc3c(cc21)CCC3. The molecule has 0 saturated heterocycles. The summed E-state index contributed by atoms with van der Waals surface area (Å²) < 4.78 is 0. The Balaban J connectivity index is 2.02. The van der Waals surface area contributed by atoms with Gasteiger partial charge in [0, 0.05) is 16.1 Å². The highest BCUT2D eigenvalue weighted by atomic mass is 35.5. The lowest BCUT2D eigenvalue weighted by molar-refractivity contribution is 0.104. The molecule has 2 aromatic carbocycles. The molecule has 0 amide bonds. The molecule has 0 radical (unpaired) electrons. The molecule has 2 aliphatic carbocycles. The Labute approximate surface area is 110 Å².